The fourth-order valence-electron chi connectivity index (χ4n) is 3.56. The number of nitrogens with one attached hydrogen (secondary N) is 2. The molecule has 160 valence electrons. The molecule has 2 N–H and O–H groups in total. The Hall–Kier alpha value is -3.39. The van der Waals surface area contributed by atoms with Gasteiger partial charge in [0.05, 0.1) is 41.6 Å². The van der Waals surface area contributed by atoms with Crippen LogP contribution in [0, 0.1) is 0 Å². The lowest BCUT2D eigenvalue weighted by Crippen LogP contribution is -2.48. The Morgan fingerprint density at radius 3 is 2.58 bits per heavy atom. The molecule has 8 nitrogen and oxygen atoms in total. The predicted molar refractivity (Wildman–Crippen MR) is 120 cm³/mol. The van der Waals surface area contributed by atoms with E-state index in [2.05, 4.69) is 20.7 Å². The zero-order valence-electron chi connectivity index (χ0n) is 17.3. The summed E-state index contributed by atoms with van der Waals surface area (Å²) in [6, 6.07) is 10.9. The molecule has 3 aromatic rings. The largest absolute Gasteiger partial charge is 0.353 e. The van der Waals surface area contributed by atoms with Crippen LogP contribution in [0.3, 0.4) is 0 Å². The third kappa shape index (κ3) is 4.54. The second-order valence-corrected chi connectivity index (χ2v) is 8.05. The smallest absolute Gasteiger partial charge is 0.259 e. The number of carbonyl (C=O) groups is 2. The van der Waals surface area contributed by atoms with Crippen LogP contribution in [0.4, 0.5) is 11.5 Å². The van der Waals surface area contributed by atoms with E-state index in [-0.39, 0.29) is 24.3 Å². The number of hydrogen-bond acceptors (Lipinski definition) is 5. The standard InChI is InChI=1S/C22H23ClN6O2/c1-14(2)21-18(12-26-29(21)17-6-3-15(23)4-7-17)22(31)27-16-5-8-19(25-11-16)28-10-9-24-20(30)13-28/h3-8,11-12,14H,9-10,13H2,1-2H3,(H,24,30)(H,27,31). The molecule has 0 radical (unpaired) electrons. The molecular formula is C22H23ClN6O2. The molecule has 0 atom stereocenters. The highest BCUT2D eigenvalue weighted by molar-refractivity contribution is 6.30. The Labute approximate surface area is 185 Å². The van der Waals surface area contributed by atoms with Crippen molar-refractivity contribution in [1.82, 2.24) is 20.1 Å². The molecule has 0 saturated carbocycles. The first-order valence-electron chi connectivity index (χ1n) is 10.1. The molecule has 0 spiro atoms. The van der Waals surface area contributed by atoms with Crippen LogP contribution in [-0.2, 0) is 4.79 Å². The van der Waals surface area contributed by atoms with Crippen LogP contribution < -0.4 is 15.5 Å². The van der Waals surface area contributed by atoms with Gasteiger partial charge in [-0.25, -0.2) is 9.67 Å². The molecule has 4 rings (SSSR count). The monoisotopic (exact) mass is 438 g/mol. The van der Waals surface area contributed by atoms with Gasteiger partial charge in [-0.05, 0) is 42.3 Å². The van der Waals surface area contributed by atoms with E-state index in [1.54, 1.807) is 41.3 Å². The number of halogens is 1. The number of hydrogen-bond donors (Lipinski definition) is 2. The first kappa shape index (κ1) is 20.9. The summed E-state index contributed by atoms with van der Waals surface area (Å²) in [6.07, 6.45) is 3.17. The van der Waals surface area contributed by atoms with Crippen molar-refractivity contribution in [3.63, 3.8) is 0 Å². The third-order valence-corrected chi connectivity index (χ3v) is 5.29. The molecular weight excluding hydrogens is 416 g/mol. The van der Waals surface area contributed by atoms with Crippen molar-refractivity contribution in [3.05, 3.63) is 65.1 Å². The minimum Gasteiger partial charge on any atom is -0.353 e. The minimum atomic E-state index is -0.254. The summed E-state index contributed by atoms with van der Waals surface area (Å²) in [5.74, 6) is 0.496. The van der Waals surface area contributed by atoms with Gasteiger partial charge in [0.25, 0.3) is 5.91 Å². The summed E-state index contributed by atoms with van der Waals surface area (Å²) >= 11 is 5.99. The van der Waals surface area contributed by atoms with Crippen molar-refractivity contribution in [2.75, 3.05) is 29.9 Å². The van der Waals surface area contributed by atoms with Gasteiger partial charge in [-0.2, -0.15) is 5.10 Å². The zero-order valence-corrected chi connectivity index (χ0v) is 18.1. The third-order valence-electron chi connectivity index (χ3n) is 5.04. The van der Waals surface area contributed by atoms with E-state index in [1.807, 2.05) is 30.9 Å². The van der Waals surface area contributed by atoms with Gasteiger partial charge in [-0.3, -0.25) is 9.59 Å². The van der Waals surface area contributed by atoms with Crippen LogP contribution in [0.15, 0.2) is 48.8 Å². The van der Waals surface area contributed by atoms with Gasteiger partial charge in [0, 0.05) is 18.1 Å². The van der Waals surface area contributed by atoms with E-state index in [0.717, 1.165) is 11.4 Å². The van der Waals surface area contributed by atoms with E-state index < -0.39 is 0 Å². The SMILES string of the molecule is CC(C)c1c(C(=O)Nc2ccc(N3CCNC(=O)C3)nc2)cnn1-c1ccc(Cl)cc1. The molecule has 0 aliphatic carbocycles. The predicted octanol–water partition coefficient (Wildman–Crippen LogP) is 3.23. The van der Waals surface area contributed by atoms with Crippen LogP contribution in [0.25, 0.3) is 5.69 Å². The zero-order chi connectivity index (χ0) is 22.0. The van der Waals surface area contributed by atoms with Crippen molar-refractivity contribution < 1.29 is 9.59 Å². The molecule has 0 unspecified atom stereocenters. The molecule has 3 heterocycles. The Morgan fingerprint density at radius 1 is 1.16 bits per heavy atom. The highest BCUT2D eigenvalue weighted by Gasteiger charge is 2.22. The number of rotatable bonds is 5. The lowest BCUT2D eigenvalue weighted by Gasteiger charge is -2.27. The maximum Gasteiger partial charge on any atom is 0.259 e. The summed E-state index contributed by atoms with van der Waals surface area (Å²) < 4.78 is 1.76. The highest BCUT2D eigenvalue weighted by atomic mass is 35.5. The van der Waals surface area contributed by atoms with E-state index in [1.165, 1.54) is 0 Å². The van der Waals surface area contributed by atoms with Gasteiger partial charge < -0.3 is 15.5 Å². The van der Waals surface area contributed by atoms with Crippen LogP contribution in [0.2, 0.25) is 5.02 Å². The van der Waals surface area contributed by atoms with Crippen LogP contribution >= 0.6 is 11.6 Å². The van der Waals surface area contributed by atoms with Crippen molar-refractivity contribution in [3.8, 4) is 5.69 Å². The fraction of sp³-hybridized carbons (Fsp3) is 0.273. The maximum absolute atomic E-state index is 13.0. The average Bonchev–Trinajstić information content (AvgIpc) is 3.20. The average molecular weight is 439 g/mol. The van der Waals surface area contributed by atoms with Crippen molar-refractivity contribution in [2.45, 2.75) is 19.8 Å². The number of carbonyl (C=O) groups excluding carboxylic acids is 2. The van der Waals surface area contributed by atoms with Crippen LogP contribution in [0.5, 0.6) is 0 Å². The minimum absolute atomic E-state index is 0.0238. The van der Waals surface area contributed by atoms with Gasteiger partial charge in [0.2, 0.25) is 5.91 Å². The van der Waals surface area contributed by atoms with E-state index >= 15 is 0 Å². The van der Waals surface area contributed by atoms with Crippen molar-refractivity contribution >= 4 is 34.9 Å². The Bertz CT molecular complexity index is 1090. The number of pyridine rings is 1. The molecule has 0 bridgehead atoms. The lowest BCUT2D eigenvalue weighted by molar-refractivity contribution is -0.120. The number of benzene rings is 1. The molecule has 1 aliphatic rings. The van der Waals surface area contributed by atoms with Crippen molar-refractivity contribution in [2.24, 2.45) is 0 Å². The first-order valence-corrected chi connectivity index (χ1v) is 10.4. The fourth-order valence-corrected chi connectivity index (χ4v) is 3.68. The topological polar surface area (TPSA) is 92.2 Å². The van der Waals surface area contributed by atoms with Gasteiger partial charge >= 0.3 is 0 Å². The summed E-state index contributed by atoms with van der Waals surface area (Å²) in [5, 5.41) is 10.8. The number of piperazine rings is 1. The second kappa shape index (κ2) is 8.77. The summed E-state index contributed by atoms with van der Waals surface area (Å²) in [7, 11) is 0. The summed E-state index contributed by atoms with van der Waals surface area (Å²) in [4.78, 5) is 30.9. The number of amides is 2. The summed E-state index contributed by atoms with van der Waals surface area (Å²) in [5.41, 5.74) is 2.72. The van der Waals surface area contributed by atoms with Crippen LogP contribution in [-0.4, -0.2) is 46.2 Å². The van der Waals surface area contributed by atoms with Crippen LogP contribution in [0.1, 0.15) is 35.8 Å². The Morgan fingerprint density at radius 2 is 1.94 bits per heavy atom. The molecule has 1 aromatic carbocycles. The normalized spacial score (nSPS) is 13.9. The van der Waals surface area contributed by atoms with Gasteiger partial charge in [0.1, 0.15) is 5.82 Å². The number of aromatic nitrogens is 3. The highest BCUT2D eigenvalue weighted by Crippen LogP contribution is 2.25. The van der Waals surface area contributed by atoms with Gasteiger partial charge in [0.15, 0.2) is 0 Å². The molecule has 1 fully saturated rings. The molecule has 31 heavy (non-hydrogen) atoms. The second-order valence-electron chi connectivity index (χ2n) is 7.62. The van der Waals surface area contributed by atoms with Gasteiger partial charge in [-0.1, -0.05) is 25.4 Å². The Kier molecular flexibility index (Phi) is 5.90. The summed E-state index contributed by atoms with van der Waals surface area (Å²) in [6.45, 7) is 5.61. The van der Waals surface area contributed by atoms with E-state index in [9.17, 15) is 9.59 Å². The van der Waals surface area contributed by atoms with Crippen molar-refractivity contribution in [1.29, 1.82) is 0 Å². The maximum atomic E-state index is 13.0. The number of nitrogens with zero attached hydrogens (tertiary/aromatic N) is 4. The molecule has 1 saturated heterocycles. The molecule has 2 amide bonds. The quantitative estimate of drug-likeness (QED) is 0.638. The van der Waals surface area contributed by atoms with E-state index in [0.29, 0.717) is 35.2 Å². The molecule has 9 heteroatoms. The molecule has 1 aliphatic heterocycles. The van der Waals surface area contributed by atoms with Gasteiger partial charge in [-0.15, -0.1) is 0 Å². The molecule has 2 aromatic heterocycles. The first-order chi connectivity index (χ1) is 14.9. The Balaban J connectivity index is 1.53. The lowest BCUT2D eigenvalue weighted by atomic mass is 10.0. The number of anilines is 2. The van der Waals surface area contributed by atoms with E-state index in [4.69, 9.17) is 11.6 Å².